The van der Waals surface area contributed by atoms with Gasteiger partial charge in [0.25, 0.3) is 0 Å². The summed E-state index contributed by atoms with van der Waals surface area (Å²) < 4.78 is 79.9. The third-order valence-electron chi connectivity index (χ3n) is 4.24. The second-order valence-corrected chi connectivity index (χ2v) is 6.51. The lowest BCUT2D eigenvalue weighted by molar-refractivity contribution is -0.274. The molecule has 1 aliphatic rings. The Morgan fingerprint density at radius 1 is 1.26 bits per heavy atom. The van der Waals surface area contributed by atoms with Crippen LogP contribution in [0.4, 0.5) is 22.0 Å². The van der Waals surface area contributed by atoms with Gasteiger partial charge in [-0.05, 0) is 31.0 Å². The first-order valence-electron chi connectivity index (χ1n) is 9.00. The van der Waals surface area contributed by atoms with Crippen molar-refractivity contribution in [2.24, 2.45) is 0 Å². The van der Waals surface area contributed by atoms with E-state index in [0.717, 1.165) is 6.07 Å². The molecule has 1 heterocycles. The molecule has 164 valence electrons. The molecule has 0 radical (unpaired) electrons. The van der Waals surface area contributed by atoms with Gasteiger partial charge in [-0.25, -0.2) is 23.5 Å². The van der Waals surface area contributed by atoms with Crippen LogP contribution >= 0.6 is 0 Å². The molecule has 0 bridgehead atoms. The van der Waals surface area contributed by atoms with Crippen LogP contribution in [0, 0.1) is 17.7 Å². The predicted octanol–water partition coefficient (Wildman–Crippen LogP) is 3.84. The largest absolute Gasteiger partial charge is 0.573 e. The number of ether oxygens (including phenoxy) is 3. The Morgan fingerprint density at radius 2 is 2.00 bits per heavy atom. The van der Waals surface area contributed by atoms with Gasteiger partial charge in [0.15, 0.2) is 0 Å². The van der Waals surface area contributed by atoms with Crippen LogP contribution in [0.1, 0.15) is 31.0 Å². The minimum absolute atomic E-state index is 0.0448. The summed E-state index contributed by atoms with van der Waals surface area (Å²) in [6, 6.07) is 2.17. The van der Waals surface area contributed by atoms with E-state index in [9.17, 15) is 22.4 Å². The normalized spacial score (nSPS) is 20.1. The minimum atomic E-state index is -4.98. The van der Waals surface area contributed by atoms with Crippen molar-refractivity contribution in [3.8, 4) is 23.5 Å². The van der Waals surface area contributed by atoms with Gasteiger partial charge in [-0.15, -0.1) is 13.2 Å². The molecular weight excluding hydrogens is 427 g/mol. The number of benzene rings is 1. The van der Waals surface area contributed by atoms with E-state index in [1.54, 1.807) is 6.92 Å². The number of nitrogens with zero attached hydrogens (tertiary/aromatic N) is 2. The topological polar surface area (TPSA) is 70.5 Å². The van der Waals surface area contributed by atoms with Gasteiger partial charge in [-0.3, -0.25) is 0 Å². The van der Waals surface area contributed by atoms with Crippen molar-refractivity contribution >= 4 is 5.97 Å². The first kappa shape index (κ1) is 22.3. The Kier molecular flexibility index (Phi) is 6.29. The number of hydrogen-bond acceptors (Lipinski definition) is 6. The number of hydrogen-bond donors (Lipinski definition) is 0. The maximum Gasteiger partial charge on any atom is 0.573 e. The molecule has 2 aromatic rings. The molecule has 0 amide bonds. The summed E-state index contributed by atoms with van der Waals surface area (Å²) in [7, 11) is 0. The SMILES string of the molecule is CCOC(=O)C#Cc1cnc(OC2CC(F)(c3cc(OC(F)(F)F)ccc3F)C2)cn1. The van der Waals surface area contributed by atoms with E-state index >= 15 is 4.39 Å². The van der Waals surface area contributed by atoms with Gasteiger partial charge in [0, 0.05) is 24.3 Å². The summed E-state index contributed by atoms with van der Waals surface area (Å²) in [6.07, 6.45) is -3.82. The maximum atomic E-state index is 15.0. The van der Waals surface area contributed by atoms with Crippen LogP contribution in [0.3, 0.4) is 0 Å². The smallest absolute Gasteiger partial charge is 0.473 e. The van der Waals surface area contributed by atoms with E-state index in [0.29, 0.717) is 12.1 Å². The fraction of sp³-hybridized carbons (Fsp3) is 0.350. The molecule has 6 nitrogen and oxygen atoms in total. The number of carbonyl (C=O) groups is 1. The van der Waals surface area contributed by atoms with Crippen LogP contribution in [0.15, 0.2) is 30.6 Å². The lowest BCUT2D eigenvalue weighted by Crippen LogP contribution is -2.45. The van der Waals surface area contributed by atoms with E-state index in [1.807, 2.05) is 0 Å². The lowest BCUT2D eigenvalue weighted by atomic mass is 9.74. The van der Waals surface area contributed by atoms with Gasteiger partial charge < -0.3 is 14.2 Å². The predicted molar refractivity (Wildman–Crippen MR) is 95.1 cm³/mol. The van der Waals surface area contributed by atoms with Gasteiger partial charge in [-0.1, -0.05) is 0 Å². The number of carbonyl (C=O) groups excluding carboxylic acids is 1. The van der Waals surface area contributed by atoms with Crippen LogP contribution in [0.2, 0.25) is 0 Å². The quantitative estimate of drug-likeness (QED) is 0.398. The summed E-state index contributed by atoms with van der Waals surface area (Å²) in [5.74, 6) is 2.30. The Balaban J connectivity index is 1.61. The molecule has 31 heavy (non-hydrogen) atoms. The number of aromatic nitrogens is 2. The zero-order valence-electron chi connectivity index (χ0n) is 16.0. The molecule has 0 N–H and O–H groups in total. The van der Waals surface area contributed by atoms with Crippen LogP contribution < -0.4 is 9.47 Å². The Labute approximate surface area is 173 Å². The summed E-state index contributed by atoms with van der Waals surface area (Å²) in [6.45, 7) is 1.83. The highest BCUT2D eigenvalue weighted by atomic mass is 19.4. The average molecular weight is 442 g/mol. The van der Waals surface area contributed by atoms with Gasteiger partial charge in [0.05, 0.1) is 19.0 Å². The Hall–Kier alpha value is -3.42. The highest BCUT2D eigenvalue weighted by Gasteiger charge is 2.49. The van der Waals surface area contributed by atoms with Crippen LogP contribution in [-0.4, -0.2) is 35.0 Å². The molecule has 1 fully saturated rings. The molecule has 1 aliphatic carbocycles. The Morgan fingerprint density at radius 3 is 2.61 bits per heavy atom. The molecule has 0 spiro atoms. The lowest BCUT2D eigenvalue weighted by Gasteiger charge is -2.41. The fourth-order valence-corrected chi connectivity index (χ4v) is 2.90. The van der Waals surface area contributed by atoms with Gasteiger partial charge >= 0.3 is 12.3 Å². The van der Waals surface area contributed by atoms with Gasteiger partial charge in [-0.2, -0.15) is 0 Å². The highest BCUT2D eigenvalue weighted by Crippen LogP contribution is 2.48. The van der Waals surface area contributed by atoms with Crippen molar-refractivity contribution < 1.29 is 41.0 Å². The number of esters is 1. The van der Waals surface area contributed by atoms with E-state index in [-0.39, 0.29) is 31.0 Å². The summed E-state index contributed by atoms with van der Waals surface area (Å²) in [4.78, 5) is 19.0. The van der Waals surface area contributed by atoms with Crippen molar-refractivity contribution in [2.75, 3.05) is 6.61 Å². The molecule has 1 saturated carbocycles. The highest BCUT2D eigenvalue weighted by molar-refractivity contribution is 5.88. The monoisotopic (exact) mass is 442 g/mol. The van der Waals surface area contributed by atoms with Crippen molar-refractivity contribution in [1.82, 2.24) is 9.97 Å². The maximum absolute atomic E-state index is 15.0. The molecule has 0 aliphatic heterocycles. The van der Waals surface area contributed by atoms with Crippen molar-refractivity contribution in [3.05, 3.63) is 47.7 Å². The second kappa shape index (κ2) is 8.75. The molecule has 11 heteroatoms. The zero-order chi connectivity index (χ0) is 22.6. The Bertz CT molecular complexity index is 1010. The van der Waals surface area contributed by atoms with E-state index in [4.69, 9.17) is 4.74 Å². The van der Waals surface area contributed by atoms with Crippen LogP contribution in [0.25, 0.3) is 0 Å². The fourth-order valence-electron chi connectivity index (χ4n) is 2.90. The first-order valence-corrected chi connectivity index (χ1v) is 9.00. The standard InChI is InChI=1S/C20H15F5N2O4/c1-2-29-18(28)6-3-12-10-27-17(11-26-12)30-14-8-19(22,9-14)15-7-13(4-5-16(15)21)31-20(23,24)25/h4-5,7,10-11,14H,2,8-9H2,1H3. The number of halogens is 5. The summed E-state index contributed by atoms with van der Waals surface area (Å²) in [5, 5.41) is 0. The van der Waals surface area contributed by atoms with Gasteiger partial charge in [0.2, 0.25) is 5.88 Å². The number of alkyl halides is 4. The van der Waals surface area contributed by atoms with E-state index in [1.165, 1.54) is 12.4 Å². The summed E-state index contributed by atoms with van der Waals surface area (Å²) >= 11 is 0. The average Bonchev–Trinajstić information content (AvgIpc) is 2.67. The first-order chi connectivity index (χ1) is 14.6. The second-order valence-electron chi connectivity index (χ2n) is 6.51. The van der Waals surface area contributed by atoms with Crippen molar-refractivity contribution in [3.63, 3.8) is 0 Å². The minimum Gasteiger partial charge on any atom is -0.473 e. The molecule has 3 rings (SSSR count). The van der Waals surface area contributed by atoms with E-state index in [2.05, 4.69) is 31.3 Å². The molecular formula is C20H15F5N2O4. The van der Waals surface area contributed by atoms with Crippen LogP contribution in [-0.2, 0) is 15.2 Å². The van der Waals surface area contributed by atoms with Crippen molar-refractivity contribution in [1.29, 1.82) is 0 Å². The zero-order valence-corrected chi connectivity index (χ0v) is 16.0. The third kappa shape index (κ3) is 5.81. The summed E-state index contributed by atoms with van der Waals surface area (Å²) in [5.41, 5.74) is -2.57. The van der Waals surface area contributed by atoms with Gasteiger partial charge in [0.1, 0.15) is 29.0 Å². The third-order valence-corrected chi connectivity index (χ3v) is 4.24. The number of rotatable bonds is 5. The van der Waals surface area contributed by atoms with Crippen molar-refractivity contribution in [2.45, 2.75) is 37.9 Å². The molecule has 1 aromatic carbocycles. The molecule has 0 saturated heterocycles. The molecule has 1 aromatic heterocycles. The molecule has 0 atom stereocenters. The van der Waals surface area contributed by atoms with Crippen LogP contribution in [0.5, 0.6) is 11.6 Å². The molecule has 0 unspecified atom stereocenters. The van der Waals surface area contributed by atoms with E-state index < -0.39 is 41.2 Å².